The van der Waals surface area contributed by atoms with Crippen LogP contribution < -0.4 is 4.90 Å². The molecule has 2 aromatic carbocycles. The van der Waals surface area contributed by atoms with E-state index < -0.39 is 0 Å². The number of esters is 1. The number of hydrogen-bond acceptors (Lipinski definition) is 6. The highest BCUT2D eigenvalue weighted by Crippen LogP contribution is 2.48. The largest absolute Gasteiger partial charge is 0.469 e. The summed E-state index contributed by atoms with van der Waals surface area (Å²) in [6.07, 6.45) is 4.82. The highest BCUT2D eigenvalue weighted by atomic mass is 35.5. The summed E-state index contributed by atoms with van der Waals surface area (Å²) < 4.78 is 17.2. The Hall–Kier alpha value is -2.87. The predicted octanol–water partition coefficient (Wildman–Crippen LogP) is 6.12. The third-order valence-corrected chi connectivity index (χ3v) is 9.37. The monoisotopic (exact) mass is 566 g/mol. The molecule has 1 amide bonds. The number of halogens is 2. The van der Waals surface area contributed by atoms with Crippen LogP contribution >= 0.6 is 23.2 Å². The SMILES string of the molecule is COC(=O)C1Cc2ccc(N3C(=O)[C@@H]4C[C@H]3C[C@H]4OCc3c(-c4c(Cl)cccc4Cl)noc3C3CC3)cc2C1. The van der Waals surface area contributed by atoms with Gasteiger partial charge in [-0.1, -0.05) is 40.5 Å². The van der Waals surface area contributed by atoms with Crippen LogP contribution in [-0.2, 0) is 38.5 Å². The van der Waals surface area contributed by atoms with Crippen LogP contribution in [0.5, 0.6) is 0 Å². The van der Waals surface area contributed by atoms with Gasteiger partial charge < -0.3 is 18.9 Å². The molecule has 202 valence electrons. The smallest absolute Gasteiger partial charge is 0.309 e. The summed E-state index contributed by atoms with van der Waals surface area (Å²) in [6, 6.07) is 11.6. The summed E-state index contributed by atoms with van der Waals surface area (Å²) in [6.45, 7) is 0.293. The molecular weight excluding hydrogens is 539 g/mol. The quantitative estimate of drug-likeness (QED) is 0.320. The zero-order chi connectivity index (χ0) is 26.8. The van der Waals surface area contributed by atoms with Crippen LogP contribution in [0.2, 0.25) is 10.0 Å². The maximum Gasteiger partial charge on any atom is 0.309 e. The van der Waals surface area contributed by atoms with Gasteiger partial charge in [-0.15, -0.1) is 0 Å². The maximum absolute atomic E-state index is 13.5. The zero-order valence-corrected chi connectivity index (χ0v) is 23.0. The normalized spacial score (nSPS) is 25.4. The van der Waals surface area contributed by atoms with E-state index in [9.17, 15) is 9.59 Å². The number of carbonyl (C=O) groups excluding carboxylic acids is 2. The lowest BCUT2D eigenvalue weighted by Gasteiger charge is -2.31. The predicted molar refractivity (Wildman–Crippen MR) is 146 cm³/mol. The van der Waals surface area contributed by atoms with Gasteiger partial charge >= 0.3 is 5.97 Å². The number of hydrogen-bond donors (Lipinski definition) is 0. The van der Waals surface area contributed by atoms with Gasteiger partial charge in [0.15, 0.2) is 0 Å². The van der Waals surface area contributed by atoms with E-state index in [4.69, 9.17) is 37.2 Å². The minimum absolute atomic E-state index is 0.0891. The van der Waals surface area contributed by atoms with Crippen LogP contribution in [0.1, 0.15) is 54.1 Å². The Bertz CT molecular complexity index is 1460. The lowest BCUT2D eigenvalue weighted by Crippen LogP contribution is -2.43. The van der Waals surface area contributed by atoms with Crippen LogP contribution in [0.3, 0.4) is 0 Å². The molecule has 4 atom stereocenters. The van der Waals surface area contributed by atoms with E-state index in [0.717, 1.165) is 53.8 Å². The van der Waals surface area contributed by atoms with Gasteiger partial charge in [0.05, 0.1) is 41.7 Å². The zero-order valence-electron chi connectivity index (χ0n) is 21.5. The Balaban J connectivity index is 1.08. The Morgan fingerprint density at radius 3 is 2.59 bits per heavy atom. The summed E-state index contributed by atoms with van der Waals surface area (Å²) in [5.41, 5.74) is 5.32. The van der Waals surface area contributed by atoms with Crippen molar-refractivity contribution in [2.45, 2.75) is 63.2 Å². The van der Waals surface area contributed by atoms with Crippen LogP contribution in [0.15, 0.2) is 40.9 Å². The molecule has 7 nitrogen and oxygen atoms in total. The molecule has 4 aliphatic rings. The number of aromatic nitrogens is 1. The van der Waals surface area contributed by atoms with E-state index in [1.807, 2.05) is 17.0 Å². The minimum Gasteiger partial charge on any atom is -0.469 e. The first kappa shape index (κ1) is 25.1. The summed E-state index contributed by atoms with van der Waals surface area (Å²) in [5.74, 6) is 0.750. The Morgan fingerprint density at radius 1 is 1.10 bits per heavy atom. The topological polar surface area (TPSA) is 81.9 Å². The van der Waals surface area contributed by atoms with Crippen molar-refractivity contribution in [3.63, 3.8) is 0 Å². The molecule has 2 bridgehead atoms. The molecule has 3 fully saturated rings. The molecule has 2 heterocycles. The van der Waals surface area contributed by atoms with Crippen molar-refractivity contribution >= 4 is 40.8 Å². The van der Waals surface area contributed by atoms with Crippen molar-refractivity contribution < 1.29 is 23.6 Å². The molecule has 1 saturated heterocycles. The molecule has 1 aliphatic heterocycles. The van der Waals surface area contributed by atoms with E-state index >= 15 is 0 Å². The summed E-state index contributed by atoms with van der Waals surface area (Å²) in [4.78, 5) is 27.5. The molecule has 3 aromatic rings. The molecule has 2 saturated carbocycles. The number of amides is 1. The number of nitrogens with zero attached hydrogens (tertiary/aromatic N) is 2. The van der Waals surface area contributed by atoms with E-state index in [2.05, 4.69) is 11.2 Å². The van der Waals surface area contributed by atoms with Crippen molar-refractivity contribution in [3.05, 3.63) is 68.9 Å². The fourth-order valence-electron chi connectivity index (χ4n) is 6.65. The van der Waals surface area contributed by atoms with Gasteiger partial charge in [0, 0.05) is 28.8 Å². The standard InChI is InChI=1S/C30H28Cl2N2O5/c1-37-30(36)18-9-16-7-8-19(11-17(16)10-18)34-20-12-21(29(34)35)25(13-20)38-14-22-27(33-39-28(22)15-5-6-15)26-23(31)3-2-4-24(26)32/h2-4,7-8,11,15,18,20-21,25H,5-6,9-10,12-14H2,1H3/t18?,20-,21+,25+/m0/s1. The highest BCUT2D eigenvalue weighted by Gasteiger charge is 2.52. The third kappa shape index (κ3) is 4.26. The number of fused-ring (bicyclic) bond motifs is 3. The van der Waals surface area contributed by atoms with E-state index in [1.54, 1.807) is 18.2 Å². The van der Waals surface area contributed by atoms with Crippen LogP contribution in [0.4, 0.5) is 5.69 Å². The number of carbonyl (C=O) groups is 2. The molecule has 9 heteroatoms. The van der Waals surface area contributed by atoms with E-state index in [1.165, 1.54) is 7.11 Å². The number of anilines is 1. The second kappa shape index (κ2) is 9.65. The Morgan fingerprint density at radius 2 is 1.87 bits per heavy atom. The molecule has 0 radical (unpaired) electrons. The number of benzene rings is 2. The number of methoxy groups -OCH3 is 1. The van der Waals surface area contributed by atoms with Crippen LogP contribution in [0.25, 0.3) is 11.3 Å². The molecule has 1 unspecified atom stereocenters. The van der Waals surface area contributed by atoms with E-state index in [0.29, 0.717) is 46.7 Å². The van der Waals surface area contributed by atoms with Crippen molar-refractivity contribution in [1.29, 1.82) is 0 Å². The first-order valence-corrected chi connectivity index (χ1v) is 14.3. The minimum atomic E-state index is -0.192. The van der Waals surface area contributed by atoms with Gasteiger partial charge in [0.25, 0.3) is 0 Å². The first-order chi connectivity index (χ1) is 18.9. The average Bonchev–Trinajstić information content (AvgIpc) is 3.24. The third-order valence-electron chi connectivity index (χ3n) is 8.74. The van der Waals surface area contributed by atoms with Gasteiger partial charge in [-0.2, -0.15) is 0 Å². The lowest BCUT2D eigenvalue weighted by atomic mass is 10.0. The molecule has 1 aromatic heterocycles. The molecule has 7 rings (SSSR count). The second-order valence-corrected chi connectivity index (χ2v) is 11.9. The van der Waals surface area contributed by atoms with E-state index in [-0.39, 0.29) is 35.9 Å². The molecule has 0 N–H and O–H groups in total. The van der Waals surface area contributed by atoms with Crippen molar-refractivity contribution in [1.82, 2.24) is 5.16 Å². The van der Waals surface area contributed by atoms with Gasteiger partial charge in [-0.3, -0.25) is 9.59 Å². The lowest BCUT2D eigenvalue weighted by molar-refractivity contribution is -0.145. The van der Waals surface area contributed by atoms with Crippen LogP contribution in [-0.4, -0.2) is 36.3 Å². The Labute approximate surface area is 236 Å². The summed E-state index contributed by atoms with van der Waals surface area (Å²) >= 11 is 13.0. The average molecular weight is 567 g/mol. The second-order valence-electron chi connectivity index (χ2n) is 11.1. The van der Waals surface area contributed by atoms with Crippen molar-refractivity contribution in [2.24, 2.45) is 11.8 Å². The fraction of sp³-hybridized carbons (Fsp3) is 0.433. The molecular formula is C30H28Cl2N2O5. The van der Waals surface area contributed by atoms with Crippen LogP contribution in [0, 0.1) is 11.8 Å². The van der Waals surface area contributed by atoms with Gasteiger partial charge in [-0.25, -0.2) is 0 Å². The molecule has 0 spiro atoms. The summed E-state index contributed by atoms with van der Waals surface area (Å²) in [7, 11) is 1.43. The highest BCUT2D eigenvalue weighted by molar-refractivity contribution is 6.39. The van der Waals surface area contributed by atoms with Gasteiger partial charge in [0.1, 0.15) is 11.5 Å². The van der Waals surface area contributed by atoms with Gasteiger partial charge in [0.2, 0.25) is 5.91 Å². The molecule has 39 heavy (non-hydrogen) atoms. The van der Waals surface area contributed by atoms with Crippen molar-refractivity contribution in [2.75, 3.05) is 12.0 Å². The van der Waals surface area contributed by atoms with Gasteiger partial charge in [-0.05, 0) is 73.9 Å². The Kier molecular flexibility index (Phi) is 6.21. The molecule has 3 aliphatic carbocycles. The summed E-state index contributed by atoms with van der Waals surface area (Å²) in [5, 5.41) is 5.37. The van der Waals surface area contributed by atoms with Crippen molar-refractivity contribution in [3.8, 4) is 11.3 Å². The fourth-order valence-corrected chi connectivity index (χ4v) is 7.23. The first-order valence-electron chi connectivity index (χ1n) is 13.5. The number of rotatable bonds is 7. The number of piperidine rings is 1. The maximum atomic E-state index is 13.5. The number of ether oxygens (including phenoxy) is 2.